The second kappa shape index (κ2) is 5.34. The number of rotatable bonds is 2. The first-order valence-corrected chi connectivity index (χ1v) is 8.80. The number of amides is 1. The molecule has 0 aromatic rings. The third-order valence-electron chi connectivity index (χ3n) is 5.41. The molecule has 5 heteroatoms. The van der Waals surface area contributed by atoms with Crippen LogP contribution in [0.15, 0.2) is 4.99 Å². The highest BCUT2D eigenvalue weighted by Crippen LogP contribution is 2.46. The van der Waals surface area contributed by atoms with Crippen molar-refractivity contribution < 1.29 is 9.53 Å². The first-order chi connectivity index (χ1) is 9.79. The number of carbonyl (C=O) groups excluding carboxylic acids is 1. The van der Waals surface area contributed by atoms with E-state index in [1.165, 1.54) is 25.7 Å². The van der Waals surface area contributed by atoms with Crippen molar-refractivity contribution in [3.63, 3.8) is 0 Å². The molecule has 0 aromatic heterocycles. The summed E-state index contributed by atoms with van der Waals surface area (Å²) in [5.41, 5.74) is 0. The van der Waals surface area contributed by atoms with Crippen molar-refractivity contribution in [2.45, 2.75) is 49.8 Å². The molecule has 1 amide bonds. The van der Waals surface area contributed by atoms with Gasteiger partial charge in [-0.2, -0.15) is 0 Å². The Labute approximate surface area is 124 Å². The Morgan fingerprint density at radius 3 is 2.65 bits per heavy atom. The second-order valence-electron chi connectivity index (χ2n) is 6.65. The number of carbonyl (C=O) groups is 1. The van der Waals surface area contributed by atoms with Gasteiger partial charge in [-0.15, -0.1) is 0 Å². The maximum absolute atomic E-state index is 12.2. The van der Waals surface area contributed by atoms with Gasteiger partial charge in [-0.25, -0.2) is 0 Å². The van der Waals surface area contributed by atoms with E-state index >= 15 is 0 Å². The van der Waals surface area contributed by atoms with Gasteiger partial charge in [0.15, 0.2) is 5.17 Å². The van der Waals surface area contributed by atoms with E-state index in [1.54, 1.807) is 11.8 Å². The Hall–Kier alpha value is -0.550. The Bertz CT molecular complexity index is 434. The average molecular weight is 294 g/mol. The number of aliphatic imine (C=N–C) groups is 1. The zero-order valence-electron chi connectivity index (χ0n) is 11.7. The molecule has 0 aromatic carbocycles. The zero-order chi connectivity index (χ0) is 13.5. The van der Waals surface area contributed by atoms with Crippen molar-refractivity contribution in [2.24, 2.45) is 22.7 Å². The highest BCUT2D eigenvalue weighted by atomic mass is 32.2. The fourth-order valence-corrected chi connectivity index (χ4v) is 5.52. The molecule has 2 bridgehead atoms. The summed E-state index contributed by atoms with van der Waals surface area (Å²) in [5, 5.41) is 3.98. The number of ether oxygens (including phenoxy) is 1. The van der Waals surface area contributed by atoms with Gasteiger partial charge in [-0.05, 0) is 49.9 Å². The van der Waals surface area contributed by atoms with Crippen LogP contribution >= 0.6 is 11.8 Å². The highest BCUT2D eigenvalue weighted by Gasteiger charge is 2.42. The van der Waals surface area contributed by atoms with Crippen LogP contribution in [0.2, 0.25) is 0 Å². The lowest BCUT2D eigenvalue weighted by atomic mass is 9.96. The van der Waals surface area contributed by atoms with Crippen LogP contribution in [0.4, 0.5) is 0 Å². The summed E-state index contributed by atoms with van der Waals surface area (Å²) in [6, 6.07) is 0.477. The predicted molar refractivity (Wildman–Crippen MR) is 79.7 cm³/mol. The number of thioether (sulfide) groups is 1. The van der Waals surface area contributed by atoms with Crippen LogP contribution in [0.25, 0.3) is 0 Å². The normalized spacial score (nSPS) is 43.4. The minimum absolute atomic E-state index is 0.0660. The van der Waals surface area contributed by atoms with E-state index in [0.717, 1.165) is 43.1 Å². The molecule has 1 unspecified atom stereocenters. The number of amidine groups is 1. The van der Waals surface area contributed by atoms with E-state index in [9.17, 15) is 4.79 Å². The average Bonchev–Trinajstić information content (AvgIpc) is 3.16. The Kier molecular flexibility index (Phi) is 3.50. The van der Waals surface area contributed by atoms with Crippen LogP contribution in [-0.2, 0) is 9.53 Å². The zero-order valence-corrected chi connectivity index (χ0v) is 12.5. The molecule has 2 aliphatic heterocycles. The van der Waals surface area contributed by atoms with Crippen molar-refractivity contribution in [1.29, 1.82) is 0 Å². The number of hydrogen-bond acceptors (Lipinski definition) is 4. The van der Waals surface area contributed by atoms with Crippen molar-refractivity contribution in [3.8, 4) is 0 Å². The van der Waals surface area contributed by atoms with Crippen LogP contribution < -0.4 is 5.32 Å². The van der Waals surface area contributed by atoms with Crippen molar-refractivity contribution in [2.75, 3.05) is 13.2 Å². The summed E-state index contributed by atoms with van der Waals surface area (Å²) in [7, 11) is 0. The Balaban J connectivity index is 1.42. The smallest absolute Gasteiger partial charge is 0.239 e. The summed E-state index contributed by atoms with van der Waals surface area (Å²) in [5.74, 6) is 2.32. The monoisotopic (exact) mass is 294 g/mol. The molecule has 0 spiro atoms. The van der Waals surface area contributed by atoms with Gasteiger partial charge >= 0.3 is 0 Å². The summed E-state index contributed by atoms with van der Waals surface area (Å²) in [4.78, 5) is 17.0. The lowest BCUT2D eigenvalue weighted by Crippen LogP contribution is -2.33. The number of nitrogens with one attached hydrogen (secondary N) is 1. The van der Waals surface area contributed by atoms with Gasteiger partial charge in [0.1, 0.15) is 0 Å². The third-order valence-corrected chi connectivity index (χ3v) is 6.69. The molecule has 4 rings (SSSR count). The SMILES string of the molecule is O=C1NC(=N[C@H]2C[C@H]3CC[C@H]2C3)SC1C1CCOCC1. The van der Waals surface area contributed by atoms with Crippen LogP contribution in [0.3, 0.4) is 0 Å². The lowest BCUT2D eigenvalue weighted by Gasteiger charge is -2.24. The van der Waals surface area contributed by atoms with Gasteiger partial charge in [-0.1, -0.05) is 18.2 Å². The van der Waals surface area contributed by atoms with Crippen molar-refractivity contribution in [1.82, 2.24) is 5.32 Å². The molecule has 2 aliphatic carbocycles. The number of fused-ring (bicyclic) bond motifs is 2. The van der Waals surface area contributed by atoms with Crippen molar-refractivity contribution >= 4 is 22.8 Å². The number of nitrogens with zero attached hydrogens (tertiary/aromatic N) is 1. The fourth-order valence-electron chi connectivity index (χ4n) is 4.29. The van der Waals surface area contributed by atoms with Gasteiger partial charge in [0.2, 0.25) is 5.91 Å². The van der Waals surface area contributed by atoms with E-state index in [2.05, 4.69) is 5.32 Å². The molecular weight excluding hydrogens is 272 g/mol. The molecular formula is C15H22N2O2S. The summed E-state index contributed by atoms with van der Waals surface area (Å²) < 4.78 is 5.39. The van der Waals surface area contributed by atoms with Crippen LogP contribution in [-0.4, -0.2) is 35.6 Å². The van der Waals surface area contributed by atoms with Gasteiger partial charge in [0.25, 0.3) is 0 Å². The molecule has 110 valence electrons. The minimum atomic E-state index is 0.0660. The molecule has 2 saturated carbocycles. The summed E-state index contributed by atoms with van der Waals surface area (Å²) in [6.45, 7) is 1.60. The quantitative estimate of drug-likeness (QED) is 0.849. The van der Waals surface area contributed by atoms with Crippen LogP contribution in [0.1, 0.15) is 38.5 Å². The van der Waals surface area contributed by atoms with E-state index in [1.807, 2.05) is 0 Å². The molecule has 1 N–H and O–H groups in total. The second-order valence-corrected chi connectivity index (χ2v) is 7.78. The van der Waals surface area contributed by atoms with Crippen LogP contribution in [0, 0.1) is 17.8 Å². The summed E-state index contributed by atoms with van der Waals surface area (Å²) in [6.07, 6.45) is 7.36. The molecule has 4 fully saturated rings. The van der Waals surface area contributed by atoms with E-state index in [0.29, 0.717) is 12.0 Å². The molecule has 4 atom stereocenters. The standard InChI is InChI=1S/C15H22N2O2S/c18-14-13(10-3-5-19-6-4-10)20-15(17-14)16-12-8-9-1-2-11(12)7-9/h9-13H,1-8H2,(H,16,17,18)/t9-,11-,12-,13?/m0/s1. The maximum atomic E-state index is 12.2. The van der Waals surface area contributed by atoms with Gasteiger partial charge in [0, 0.05) is 13.2 Å². The molecule has 2 heterocycles. The first-order valence-electron chi connectivity index (χ1n) is 7.92. The molecule has 4 nitrogen and oxygen atoms in total. The highest BCUT2D eigenvalue weighted by molar-refractivity contribution is 8.15. The molecule has 4 aliphatic rings. The van der Waals surface area contributed by atoms with E-state index < -0.39 is 0 Å². The Morgan fingerprint density at radius 1 is 1.10 bits per heavy atom. The van der Waals surface area contributed by atoms with Gasteiger partial charge < -0.3 is 10.1 Å². The van der Waals surface area contributed by atoms with E-state index in [4.69, 9.17) is 9.73 Å². The lowest BCUT2D eigenvalue weighted by molar-refractivity contribution is -0.120. The molecule has 0 radical (unpaired) electrons. The topological polar surface area (TPSA) is 50.7 Å². The van der Waals surface area contributed by atoms with Crippen LogP contribution in [0.5, 0.6) is 0 Å². The number of hydrogen-bond donors (Lipinski definition) is 1. The Morgan fingerprint density at radius 2 is 1.95 bits per heavy atom. The summed E-state index contributed by atoms with van der Waals surface area (Å²) >= 11 is 1.67. The third kappa shape index (κ3) is 2.39. The first kappa shape index (κ1) is 13.1. The molecule has 20 heavy (non-hydrogen) atoms. The van der Waals surface area contributed by atoms with E-state index in [-0.39, 0.29) is 11.2 Å². The maximum Gasteiger partial charge on any atom is 0.239 e. The fraction of sp³-hybridized carbons (Fsp3) is 0.867. The molecule has 2 saturated heterocycles. The minimum Gasteiger partial charge on any atom is -0.381 e. The van der Waals surface area contributed by atoms with Gasteiger partial charge in [-0.3, -0.25) is 9.79 Å². The van der Waals surface area contributed by atoms with Crippen molar-refractivity contribution in [3.05, 3.63) is 0 Å². The predicted octanol–water partition coefficient (Wildman–Crippen LogP) is 2.19. The van der Waals surface area contributed by atoms with Gasteiger partial charge in [0.05, 0.1) is 11.3 Å². The largest absolute Gasteiger partial charge is 0.381 e.